The molecule has 21 heavy (non-hydrogen) atoms. The Hall–Kier alpha value is -0.900. The fraction of sp³-hybridized carbons (Fsp3) is 0.250. The van der Waals surface area contributed by atoms with Gasteiger partial charge in [0.1, 0.15) is 12.4 Å². The molecule has 1 aromatic carbocycles. The Balaban J connectivity index is 2.21. The molecule has 0 saturated heterocycles. The fourth-order valence-electron chi connectivity index (χ4n) is 1.65. The lowest BCUT2D eigenvalue weighted by Crippen LogP contribution is -2.12. The first-order valence-electron chi connectivity index (χ1n) is 5.97. The van der Waals surface area contributed by atoms with Crippen LogP contribution in [-0.2, 0) is 23.2 Å². The van der Waals surface area contributed by atoms with Crippen LogP contribution < -0.4 is 9.88 Å². The van der Waals surface area contributed by atoms with Gasteiger partial charge in [-0.2, -0.15) is 5.10 Å². The van der Waals surface area contributed by atoms with Gasteiger partial charge in [0, 0.05) is 18.3 Å². The van der Waals surface area contributed by atoms with E-state index in [1.165, 1.54) is 12.1 Å². The van der Waals surface area contributed by atoms with Crippen molar-refractivity contribution < 1.29 is 13.2 Å². The SMILES string of the molecule is CCn1cc(COc2c(Br)cc(S(N)(=O)=O)cc2Br)cn1. The molecule has 0 unspecified atom stereocenters. The van der Waals surface area contributed by atoms with Gasteiger partial charge in [-0.25, -0.2) is 13.6 Å². The summed E-state index contributed by atoms with van der Waals surface area (Å²) in [4.78, 5) is 0.00685. The Morgan fingerprint density at radius 3 is 2.43 bits per heavy atom. The van der Waals surface area contributed by atoms with Gasteiger partial charge in [-0.15, -0.1) is 0 Å². The van der Waals surface area contributed by atoms with Crippen molar-refractivity contribution in [2.24, 2.45) is 5.14 Å². The highest BCUT2D eigenvalue weighted by molar-refractivity contribution is 9.11. The molecule has 1 heterocycles. The molecule has 0 amide bonds. The summed E-state index contributed by atoms with van der Waals surface area (Å²) in [5.41, 5.74) is 0.922. The van der Waals surface area contributed by atoms with E-state index in [4.69, 9.17) is 9.88 Å². The lowest BCUT2D eigenvalue weighted by atomic mass is 10.3. The molecule has 0 aliphatic heterocycles. The van der Waals surface area contributed by atoms with E-state index in [1.807, 2.05) is 13.1 Å². The van der Waals surface area contributed by atoms with Crippen molar-refractivity contribution in [3.05, 3.63) is 39.0 Å². The molecule has 0 bridgehead atoms. The van der Waals surface area contributed by atoms with Crippen LogP contribution in [0.2, 0.25) is 0 Å². The molecular weight excluding hydrogens is 426 g/mol. The Kier molecular flexibility index (Phi) is 5.07. The monoisotopic (exact) mass is 437 g/mol. The van der Waals surface area contributed by atoms with Crippen molar-refractivity contribution in [2.75, 3.05) is 0 Å². The molecule has 2 aromatic rings. The van der Waals surface area contributed by atoms with Gasteiger partial charge in [0.25, 0.3) is 0 Å². The Labute approximate surface area is 139 Å². The molecule has 0 saturated carbocycles. The summed E-state index contributed by atoms with van der Waals surface area (Å²) in [7, 11) is -3.76. The third-order valence-electron chi connectivity index (χ3n) is 2.69. The van der Waals surface area contributed by atoms with Crippen molar-refractivity contribution in [3.63, 3.8) is 0 Å². The summed E-state index contributed by atoms with van der Waals surface area (Å²) in [6.07, 6.45) is 3.62. The largest absolute Gasteiger partial charge is 0.486 e. The van der Waals surface area contributed by atoms with Crippen LogP contribution in [0.4, 0.5) is 0 Å². The smallest absolute Gasteiger partial charge is 0.238 e. The number of nitrogens with two attached hydrogens (primary N) is 1. The van der Waals surface area contributed by atoms with Crippen molar-refractivity contribution in [2.45, 2.75) is 25.0 Å². The molecule has 0 radical (unpaired) electrons. The summed E-state index contributed by atoms with van der Waals surface area (Å²) >= 11 is 6.57. The van der Waals surface area contributed by atoms with E-state index in [-0.39, 0.29) is 4.90 Å². The maximum absolute atomic E-state index is 11.3. The van der Waals surface area contributed by atoms with E-state index in [9.17, 15) is 8.42 Å². The summed E-state index contributed by atoms with van der Waals surface area (Å²) < 4.78 is 31.2. The van der Waals surface area contributed by atoms with Gasteiger partial charge in [0.05, 0.1) is 20.0 Å². The number of hydrogen-bond donors (Lipinski definition) is 1. The van der Waals surface area contributed by atoms with E-state index < -0.39 is 10.0 Å². The van der Waals surface area contributed by atoms with E-state index in [0.717, 1.165) is 12.1 Å². The normalized spacial score (nSPS) is 11.6. The number of aryl methyl sites for hydroxylation is 1. The minimum absolute atomic E-state index is 0.00685. The molecule has 2 rings (SSSR count). The van der Waals surface area contributed by atoms with Crippen LogP contribution in [0.1, 0.15) is 12.5 Å². The summed E-state index contributed by atoms with van der Waals surface area (Å²) in [5, 5.41) is 9.26. The molecule has 6 nitrogen and oxygen atoms in total. The second-order valence-electron chi connectivity index (χ2n) is 4.25. The van der Waals surface area contributed by atoms with Crippen LogP contribution in [0.3, 0.4) is 0 Å². The Bertz CT molecular complexity index is 736. The number of halogens is 2. The molecule has 0 fully saturated rings. The molecule has 2 N–H and O–H groups in total. The lowest BCUT2D eigenvalue weighted by Gasteiger charge is -2.11. The molecule has 9 heteroatoms. The first-order valence-corrected chi connectivity index (χ1v) is 9.10. The van der Waals surface area contributed by atoms with Crippen LogP contribution in [0.15, 0.2) is 38.4 Å². The number of primary sulfonamides is 1. The van der Waals surface area contributed by atoms with Crippen LogP contribution in [-0.4, -0.2) is 18.2 Å². The maximum Gasteiger partial charge on any atom is 0.238 e. The minimum Gasteiger partial charge on any atom is -0.486 e. The average molecular weight is 439 g/mol. The lowest BCUT2D eigenvalue weighted by molar-refractivity contribution is 0.302. The van der Waals surface area contributed by atoms with E-state index >= 15 is 0 Å². The van der Waals surface area contributed by atoms with Crippen molar-refractivity contribution >= 4 is 41.9 Å². The second-order valence-corrected chi connectivity index (χ2v) is 7.52. The topological polar surface area (TPSA) is 87.2 Å². The number of hydrogen-bond acceptors (Lipinski definition) is 4. The van der Waals surface area contributed by atoms with Gasteiger partial charge in [-0.3, -0.25) is 4.68 Å². The number of benzene rings is 1. The molecule has 0 spiro atoms. The third kappa shape index (κ3) is 4.06. The number of rotatable bonds is 5. The van der Waals surface area contributed by atoms with Crippen molar-refractivity contribution in [1.29, 1.82) is 0 Å². The molecule has 1 aromatic heterocycles. The van der Waals surface area contributed by atoms with Crippen LogP contribution in [0.5, 0.6) is 5.75 Å². The Morgan fingerprint density at radius 1 is 1.33 bits per heavy atom. The van der Waals surface area contributed by atoms with Gasteiger partial charge in [-0.1, -0.05) is 0 Å². The Morgan fingerprint density at radius 2 is 1.95 bits per heavy atom. The predicted octanol–water partition coefficient (Wildman–Crippen LogP) is 2.65. The highest BCUT2D eigenvalue weighted by Gasteiger charge is 2.15. The molecule has 0 aliphatic carbocycles. The van der Waals surface area contributed by atoms with Crippen LogP contribution in [0, 0.1) is 0 Å². The zero-order valence-corrected chi connectivity index (χ0v) is 15.1. The van der Waals surface area contributed by atoms with Gasteiger partial charge < -0.3 is 4.74 Å². The average Bonchev–Trinajstić information content (AvgIpc) is 2.84. The standard InChI is InChI=1S/C12H13Br2N3O3S/c1-2-17-6-8(5-16-17)7-20-12-10(13)3-9(4-11(12)14)21(15,18)19/h3-6H,2,7H2,1H3,(H2,15,18,19). The van der Waals surface area contributed by atoms with Crippen LogP contribution in [0.25, 0.3) is 0 Å². The quantitative estimate of drug-likeness (QED) is 0.777. The third-order valence-corrected chi connectivity index (χ3v) is 4.77. The highest BCUT2D eigenvalue weighted by Crippen LogP contribution is 2.36. The van der Waals surface area contributed by atoms with Gasteiger partial charge >= 0.3 is 0 Å². The van der Waals surface area contributed by atoms with Crippen molar-refractivity contribution in [3.8, 4) is 5.75 Å². The molecule has 114 valence electrons. The fourth-order valence-corrected chi connectivity index (χ4v) is 3.93. The number of ether oxygens (including phenoxy) is 1. The summed E-state index contributed by atoms with van der Waals surface area (Å²) in [6.45, 7) is 3.11. The number of sulfonamides is 1. The minimum atomic E-state index is -3.76. The van der Waals surface area contributed by atoms with E-state index in [1.54, 1.807) is 10.9 Å². The summed E-state index contributed by atoms with van der Waals surface area (Å²) in [6, 6.07) is 2.82. The molecular formula is C12H13Br2N3O3S. The van der Waals surface area contributed by atoms with Gasteiger partial charge in [-0.05, 0) is 50.9 Å². The summed E-state index contributed by atoms with van der Waals surface area (Å²) in [5.74, 6) is 0.506. The number of aromatic nitrogens is 2. The van der Waals surface area contributed by atoms with Gasteiger partial charge in [0.15, 0.2) is 0 Å². The highest BCUT2D eigenvalue weighted by atomic mass is 79.9. The van der Waals surface area contributed by atoms with Crippen molar-refractivity contribution in [1.82, 2.24) is 9.78 Å². The van der Waals surface area contributed by atoms with Crippen LogP contribution >= 0.6 is 31.9 Å². The number of nitrogens with zero attached hydrogens (tertiary/aromatic N) is 2. The molecule has 0 atom stereocenters. The first kappa shape index (κ1) is 16.5. The van der Waals surface area contributed by atoms with Gasteiger partial charge in [0.2, 0.25) is 10.0 Å². The first-order chi connectivity index (χ1) is 9.81. The van der Waals surface area contributed by atoms with E-state index in [2.05, 4.69) is 37.0 Å². The zero-order valence-electron chi connectivity index (χ0n) is 11.1. The maximum atomic E-state index is 11.3. The second kappa shape index (κ2) is 6.47. The zero-order chi connectivity index (χ0) is 15.6. The predicted molar refractivity (Wildman–Crippen MR) is 85.4 cm³/mol. The molecule has 0 aliphatic rings. The van der Waals surface area contributed by atoms with E-state index in [0.29, 0.717) is 21.3 Å².